The van der Waals surface area contributed by atoms with E-state index in [1.54, 1.807) is 12.3 Å². The standard InChI is InChI=1S/C12H18N4O2/c13-11-9-14-2-1-10(11)12(17)15-3-4-16-5-7-18-8-6-16/h1-2,9H,3-8,13H2,(H,15,17). The molecule has 1 aromatic heterocycles. The molecule has 2 rings (SSSR count). The number of morpholine rings is 1. The molecule has 2 heterocycles. The van der Waals surface area contributed by atoms with Crippen LogP contribution < -0.4 is 11.1 Å². The van der Waals surface area contributed by atoms with Crippen LogP contribution in [-0.4, -0.2) is 55.2 Å². The lowest BCUT2D eigenvalue weighted by Crippen LogP contribution is -2.41. The third-order valence-electron chi connectivity index (χ3n) is 2.91. The number of nitrogens with two attached hydrogens (primary N) is 1. The molecule has 0 spiro atoms. The largest absolute Gasteiger partial charge is 0.397 e. The van der Waals surface area contributed by atoms with Crippen LogP contribution in [0.2, 0.25) is 0 Å². The van der Waals surface area contributed by atoms with Crippen molar-refractivity contribution in [2.45, 2.75) is 0 Å². The van der Waals surface area contributed by atoms with Gasteiger partial charge in [-0.1, -0.05) is 0 Å². The lowest BCUT2D eigenvalue weighted by Gasteiger charge is -2.26. The van der Waals surface area contributed by atoms with E-state index >= 15 is 0 Å². The Hall–Kier alpha value is -1.66. The number of hydrogen-bond acceptors (Lipinski definition) is 5. The topological polar surface area (TPSA) is 80.5 Å². The van der Waals surface area contributed by atoms with Crippen molar-refractivity contribution in [3.8, 4) is 0 Å². The zero-order chi connectivity index (χ0) is 12.8. The van der Waals surface area contributed by atoms with Gasteiger partial charge in [-0.3, -0.25) is 14.7 Å². The zero-order valence-electron chi connectivity index (χ0n) is 10.3. The summed E-state index contributed by atoms with van der Waals surface area (Å²) in [5.41, 5.74) is 6.57. The second-order valence-corrected chi connectivity index (χ2v) is 4.17. The van der Waals surface area contributed by atoms with Crippen LogP contribution in [0.15, 0.2) is 18.5 Å². The summed E-state index contributed by atoms with van der Waals surface area (Å²) in [4.78, 5) is 18.0. The summed E-state index contributed by atoms with van der Waals surface area (Å²) < 4.78 is 5.26. The van der Waals surface area contributed by atoms with Gasteiger partial charge < -0.3 is 15.8 Å². The fourth-order valence-corrected chi connectivity index (χ4v) is 1.86. The van der Waals surface area contributed by atoms with Gasteiger partial charge in [0, 0.05) is 32.4 Å². The van der Waals surface area contributed by atoms with Gasteiger partial charge in [-0.05, 0) is 6.07 Å². The highest BCUT2D eigenvalue weighted by molar-refractivity contribution is 5.98. The van der Waals surface area contributed by atoms with Crippen LogP contribution in [0.25, 0.3) is 0 Å². The molecule has 0 aromatic carbocycles. The van der Waals surface area contributed by atoms with Crippen molar-refractivity contribution in [2.24, 2.45) is 0 Å². The summed E-state index contributed by atoms with van der Waals surface area (Å²) in [6.07, 6.45) is 3.05. The molecule has 6 heteroatoms. The van der Waals surface area contributed by atoms with Crippen LogP contribution in [0, 0.1) is 0 Å². The van der Waals surface area contributed by atoms with Crippen molar-refractivity contribution in [2.75, 3.05) is 45.1 Å². The Labute approximate surface area is 106 Å². The van der Waals surface area contributed by atoms with Crippen molar-refractivity contribution >= 4 is 11.6 Å². The molecule has 3 N–H and O–H groups in total. The molecule has 0 radical (unpaired) electrons. The van der Waals surface area contributed by atoms with E-state index in [-0.39, 0.29) is 5.91 Å². The quantitative estimate of drug-likeness (QED) is 0.768. The lowest BCUT2D eigenvalue weighted by molar-refractivity contribution is 0.0383. The first kappa shape index (κ1) is 12.8. The second kappa shape index (κ2) is 6.32. The van der Waals surface area contributed by atoms with E-state index in [9.17, 15) is 4.79 Å². The minimum absolute atomic E-state index is 0.150. The molecule has 6 nitrogen and oxygen atoms in total. The first-order valence-electron chi connectivity index (χ1n) is 6.05. The first-order chi connectivity index (χ1) is 8.77. The first-order valence-corrected chi connectivity index (χ1v) is 6.05. The van der Waals surface area contributed by atoms with E-state index in [2.05, 4.69) is 15.2 Å². The normalized spacial score (nSPS) is 16.4. The van der Waals surface area contributed by atoms with E-state index in [4.69, 9.17) is 10.5 Å². The van der Waals surface area contributed by atoms with Gasteiger partial charge in [0.15, 0.2) is 0 Å². The number of aromatic nitrogens is 1. The summed E-state index contributed by atoms with van der Waals surface area (Å²) in [5.74, 6) is -0.150. The molecule has 1 aliphatic rings. The molecule has 1 saturated heterocycles. The van der Waals surface area contributed by atoms with Crippen LogP contribution in [-0.2, 0) is 4.74 Å². The fraction of sp³-hybridized carbons (Fsp3) is 0.500. The van der Waals surface area contributed by atoms with Crippen LogP contribution in [0.3, 0.4) is 0 Å². The van der Waals surface area contributed by atoms with Crippen LogP contribution in [0.1, 0.15) is 10.4 Å². The lowest BCUT2D eigenvalue weighted by atomic mass is 10.2. The third kappa shape index (κ3) is 3.41. The summed E-state index contributed by atoms with van der Waals surface area (Å²) in [6, 6.07) is 1.62. The van der Waals surface area contributed by atoms with Crippen molar-refractivity contribution < 1.29 is 9.53 Å². The van der Waals surface area contributed by atoms with Crippen molar-refractivity contribution in [1.29, 1.82) is 0 Å². The zero-order valence-corrected chi connectivity index (χ0v) is 10.3. The van der Waals surface area contributed by atoms with Gasteiger partial charge in [0.2, 0.25) is 0 Å². The molecule has 18 heavy (non-hydrogen) atoms. The molecule has 1 fully saturated rings. The number of rotatable bonds is 4. The predicted molar refractivity (Wildman–Crippen MR) is 68.2 cm³/mol. The van der Waals surface area contributed by atoms with Gasteiger partial charge in [-0.2, -0.15) is 0 Å². The van der Waals surface area contributed by atoms with Gasteiger partial charge in [0.05, 0.1) is 30.7 Å². The Kier molecular flexibility index (Phi) is 4.49. The van der Waals surface area contributed by atoms with Gasteiger partial charge >= 0.3 is 0 Å². The van der Waals surface area contributed by atoms with Gasteiger partial charge in [0.1, 0.15) is 0 Å². The van der Waals surface area contributed by atoms with E-state index in [1.807, 2.05) is 0 Å². The maximum atomic E-state index is 11.8. The average molecular weight is 250 g/mol. The molecular weight excluding hydrogens is 232 g/mol. The van der Waals surface area contributed by atoms with Crippen LogP contribution in [0.5, 0.6) is 0 Å². The molecule has 0 saturated carbocycles. The van der Waals surface area contributed by atoms with Crippen molar-refractivity contribution in [3.63, 3.8) is 0 Å². The highest BCUT2D eigenvalue weighted by atomic mass is 16.5. The number of ether oxygens (including phenoxy) is 1. The van der Waals surface area contributed by atoms with E-state index in [0.29, 0.717) is 17.8 Å². The molecular formula is C12H18N4O2. The highest BCUT2D eigenvalue weighted by Crippen LogP contribution is 2.07. The number of hydrogen-bond donors (Lipinski definition) is 2. The highest BCUT2D eigenvalue weighted by Gasteiger charge is 2.12. The number of carbonyl (C=O) groups is 1. The molecule has 0 bridgehead atoms. The number of nitrogens with zero attached hydrogens (tertiary/aromatic N) is 2. The Morgan fingerprint density at radius 1 is 1.50 bits per heavy atom. The number of amides is 1. The molecule has 0 atom stereocenters. The van der Waals surface area contributed by atoms with Gasteiger partial charge in [-0.25, -0.2) is 0 Å². The summed E-state index contributed by atoms with van der Waals surface area (Å²) in [6.45, 7) is 4.83. The number of pyridine rings is 1. The summed E-state index contributed by atoms with van der Waals surface area (Å²) in [7, 11) is 0. The Morgan fingerprint density at radius 3 is 3.00 bits per heavy atom. The van der Waals surface area contributed by atoms with E-state index in [0.717, 1.165) is 32.8 Å². The number of carbonyl (C=O) groups excluding carboxylic acids is 1. The van der Waals surface area contributed by atoms with E-state index < -0.39 is 0 Å². The summed E-state index contributed by atoms with van der Waals surface area (Å²) in [5, 5.41) is 2.86. The monoisotopic (exact) mass is 250 g/mol. The predicted octanol–water partition coefficient (Wildman–Crippen LogP) is -0.274. The molecule has 1 amide bonds. The number of nitrogens with one attached hydrogen (secondary N) is 1. The third-order valence-corrected chi connectivity index (χ3v) is 2.91. The molecule has 0 aliphatic carbocycles. The van der Waals surface area contributed by atoms with Crippen LogP contribution >= 0.6 is 0 Å². The molecule has 1 aromatic rings. The number of anilines is 1. The second-order valence-electron chi connectivity index (χ2n) is 4.17. The Balaban J connectivity index is 1.76. The van der Waals surface area contributed by atoms with Crippen molar-refractivity contribution in [1.82, 2.24) is 15.2 Å². The van der Waals surface area contributed by atoms with E-state index in [1.165, 1.54) is 6.20 Å². The van der Waals surface area contributed by atoms with Gasteiger partial charge in [-0.15, -0.1) is 0 Å². The fourth-order valence-electron chi connectivity index (χ4n) is 1.86. The van der Waals surface area contributed by atoms with Crippen LogP contribution in [0.4, 0.5) is 5.69 Å². The SMILES string of the molecule is Nc1cnccc1C(=O)NCCN1CCOCC1. The molecule has 1 aliphatic heterocycles. The molecule has 98 valence electrons. The minimum Gasteiger partial charge on any atom is -0.397 e. The maximum absolute atomic E-state index is 11.8. The minimum atomic E-state index is -0.150. The van der Waals surface area contributed by atoms with Gasteiger partial charge in [0.25, 0.3) is 5.91 Å². The maximum Gasteiger partial charge on any atom is 0.253 e. The Bertz CT molecular complexity index is 405. The Morgan fingerprint density at radius 2 is 2.28 bits per heavy atom. The molecule has 0 unspecified atom stereocenters. The number of nitrogen functional groups attached to an aromatic ring is 1. The van der Waals surface area contributed by atoms with Crippen molar-refractivity contribution in [3.05, 3.63) is 24.0 Å². The average Bonchev–Trinajstić information content (AvgIpc) is 2.40. The smallest absolute Gasteiger partial charge is 0.253 e. The summed E-state index contributed by atoms with van der Waals surface area (Å²) >= 11 is 0.